The molecule has 2 aromatic heterocycles. The normalized spacial score (nSPS) is 11.3. The van der Waals surface area contributed by atoms with Crippen LogP contribution < -0.4 is 0 Å². The second-order valence-electron chi connectivity index (χ2n) is 6.47. The maximum absolute atomic E-state index is 13.2. The molecule has 3 aromatic carbocycles. The Morgan fingerprint density at radius 3 is 2.52 bits per heavy atom. The monoisotopic (exact) mass is 353 g/mol. The highest BCUT2D eigenvalue weighted by molar-refractivity contribution is 6.15. The van der Waals surface area contributed by atoms with Crippen molar-refractivity contribution in [3.8, 4) is 11.3 Å². The second kappa shape index (κ2) is 5.95. The summed E-state index contributed by atoms with van der Waals surface area (Å²) in [6.07, 6.45) is 0. The van der Waals surface area contributed by atoms with Crippen molar-refractivity contribution in [1.82, 2.24) is 5.16 Å². The first-order chi connectivity index (χ1) is 13.2. The van der Waals surface area contributed by atoms with E-state index in [2.05, 4.69) is 5.16 Å². The lowest BCUT2D eigenvalue weighted by Gasteiger charge is -2.00. The summed E-state index contributed by atoms with van der Waals surface area (Å²) in [5, 5.41) is 7.19. The summed E-state index contributed by atoms with van der Waals surface area (Å²) >= 11 is 0. The van der Waals surface area contributed by atoms with E-state index >= 15 is 0 Å². The van der Waals surface area contributed by atoms with Crippen LogP contribution in [-0.2, 0) is 0 Å². The molecule has 0 fully saturated rings. The molecule has 130 valence electrons. The van der Waals surface area contributed by atoms with E-state index in [1.54, 1.807) is 13.0 Å². The fourth-order valence-corrected chi connectivity index (χ4v) is 3.46. The van der Waals surface area contributed by atoms with Crippen LogP contribution in [-0.4, -0.2) is 10.9 Å². The van der Waals surface area contributed by atoms with Crippen LogP contribution in [0, 0.1) is 6.92 Å². The highest BCUT2D eigenvalue weighted by Gasteiger charge is 2.25. The van der Waals surface area contributed by atoms with E-state index < -0.39 is 0 Å². The number of ketones is 1. The SMILES string of the molecule is Cc1onc(-c2ccccc2)c1C(=O)c1cc2c(ccc3ccccc32)o1. The lowest BCUT2D eigenvalue weighted by molar-refractivity contribution is 0.101. The predicted octanol–water partition coefficient (Wildman–Crippen LogP) is 5.78. The number of hydrogen-bond acceptors (Lipinski definition) is 4. The predicted molar refractivity (Wildman–Crippen MR) is 104 cm³/mol. The molecular weight excluding hydrogens is 338 g/mol. The quantitative estimate of drug-likeness (QED) is 0.386. The van der Waals surface area contributed by atoms with Crippen LogP contribution >= 0.6 is 0 Å². The smallest absolute Gasteiger partial charge is 0.234 e. The van der Waals surface area contributed by atoms with Crippen molar-refractivity contribution in [2.45, 2.75) is 6.92 Å². The maximum atomic E-state index is 13.2. The zero-order valence-electron chi connectivity index (χ0n) is 14.6. The van der Waals surface area contributed by atoms with Gasteiger partial charge in [0.25, 0.3) is 0 Å². The second-order valence-corrected chi connectivity index (χ2v) is 6.47. The lowest BCUT2D eigenvalue weighted by atomic mass is 10.0. The Bertz CT molecular complexity index is 1300. The van der Waals surface area contributed by atoms with Gasteiger partial charge in [0.2, 0.25) is 5.78 Å². The van der Waals surface area contributed by atoms with Gasteiger partial charge in [0.05, 0.1) is 5.56 Å². The summed E-state index contributed by atoms with van der Waals surface area (Å²) in [4.78, 5) is 13.2. The third-order valence-electron chi connectivity index (χ3n) is 4.79. The van der Waals surface area contributed by atoms with Crippen molar-refractivity contribution in [3.05, 3.63) is 89.9 Å². The molecule has 5 aromatic rings. The van der Waals surface area contributed by atoms with Crippen molar-refractivity contribution in [3.63, 3.8) is 0 Å². The van der Waals surface area contributed by atoms with Gasteiger partial charge in [-0.05, 0) is 29.8 Å². The van der Waals surface area contributed by atoms with Crippen LogP contribution in [0.3, 0.4) is 0 Å². The molecular formula is C23H15NO3. The van der Waals surface area contributed by atoms with E-state index in [1.807, 2.05) is 66.7 Å². The topological polar surface area (TPSA) is 56.2 Å². The number of benzene rings is 3. The lowest BCUT2D eigenvalue weighted by Crippen LogP contribution is -2.02. The van der Waals surface area contributed by atoms with Gasteiger partial charge in [-0.2, -0.15) is 0 Å². The fraction of sp³-hybridized carbons (Fsp3) is 0.0435. The van der Waals surface area contributed by atoms with Gasteiger partial charge in [0.15, 0.2) is 5.76 Å². The number of carbonyl (C=O) groups excluding carboxylic acids is 1. The van der Waals surface area contributed by atoms with E-state index in [0.717, 1.165) is 21.7 Å². The van der Waals surface area contributed by atoms with E-state index in [0.29, 0.717) is 22.6 Å². The summed E-state index contributed by atoms with van der Waals surface area (Å²) in [6.45, 7) is 1.74. The number of aromatic nitrogens is 1. The van der Waals surface area contributed by atoms with Crippen molar-refractivity contribution < 1.29 is 13.7 Å². The highest BCUT2D eigenvalue weighted by Crippen LogP contribution is 2.32. The van der Waals surface area contributed by atoms with E-state index in [-0.39, 0.29) is 11.5 Å². The van der Waals surface area contributed by atoms with Crippen LogP contribution in [0.15, 0.2) is 81.7 Å². The Morgan fingerprint density at radius 1 is 0.889 bits per heavy atom. The minimum absolute atomic E-state index is 0.229. The van der Waals surface area contributed by atoms with Crippen molar-refractivity contribution in [2.75, 3.05) is 0 Å². The molecule has 0 aliphatic heterocycles. The summed E-state index contributed by atoms with van der Waals surface area (Å²) in [7, 11) is 0. The average molecular weight is 353 g/mol. The van der Waals surface area contributed by atoms with E-state index in [4.69, 9.17) is 8.94 Å². The van der Waals surface area contributed by atoms with Crippen LogP contribution in [0.25, 0.3) is 33.0 Å². The van der Waals surface area contributed by atoms with Gasteiger partial charge < -0.3 is 8.94 Å². The van der Waals surface area contributed by atoms with Crippen LogP contribution in [0.5, 0.6) is 0 Å². The zero-order valence-corrected chi connectivity index (χ0v) is 14.6. The Hall–Kier alpha value is -3.66. The molecule has 4 heteroatoms. The van der Waals surface area contributed by atoms with Gasteiger partial charge in [-0.25, -0.2) is 0 Å². The molecule has 5 rings (SSSR count). The van der Waals surface area contributed by atoms with Gasteiger partial charge in [0, 0.05) is 10.9 Å². The van der Waals surface area contributed by atoms with Crippen LogP contribution in [0.2, 0.25) is 0 Å². The van der Waals surface area contributed by atoms with Gasteiger partial charge in [-0.3, -0.25) is 4.79 Å². The Balaban J connectivity index is 1.67. The summed E-state index contributed by atoms with van der Waals surface area (Å²) in [6, 6.07) is 23.3. The molecule has 0 saturated carbocycles. The van der Waals surface area contributed by atoms with Crippen molar-refractivity contribution in [1.29, 1.82) is 0 Å². The Morgan fingerprint density at radius 2 is 1.67 bits per heavy atom. The Labute approximate surface area is 155 Å². The number of furan rings is 1. The fourth-order valence-electron chi connectivity index (χ4n) is 3.46. The third kappa shape index (κ3) is 2.46. The van der Waals surface area contributed by atoms with Gasteiger partial charge in [0.1, 0.15) is 17.0 Å². The standard InChI is InChI=1S/C23H15NO3/c1-14-21(22(24-27-14)16-8-3-2-4-9-16)23(25)20-13-18-17-10-6-5-7-15(17)11-12-19(18)26-20/h2-13H,1H3. The zero-order chi connectivity index (χ0) is 18.4. The molecule has 0 saturated heterocycles. The van der Waals surface area contributed by atoms with Crippen molar-refractivity contribution in [2.24, 2.45) is 0 Å². The molecule has 0 radical (unpaired) electrons. The first-order valence-electron chi connectivity index (χ1n) is 8.70. The molecule has 2 heterocycles. The average Bonchev–Trinajstić information content (AvgIpc) is 3.32. The first kappa shape index (κ1) is 15.6. The summed E-state index contributed by atoms with van der Waals surface area (Å²) in [5.41, 5.74) is 2.49. The molecule has 4 nitrogen and oxygen atoms in total. The Kier molecular flexibility index (Phi) is 3.44. The van der Waals surface area contributed by atoms with Gasteiger partial charge in [-0.1, -0.05) is 65.8 Å². The molecule has 0 aliphatic rings. The highest BCUT2D eigenvalue weighted by atomic mass is 16.5. The minimum atomic E-state index is -0.229. The summed E-state index contributed by atoms with van der Waals surface area (Å²) < 4.78 is 11.2. The van der Waals surface area contributed by atoms with Crippen molar-refractivity contribution >= 4 is 27.5 Å². The van der Waals surface area contributed by atoms with E-state index in [9.17, 15) is 4.79 Å². The minimum Gasteiger partial charge on any atom is -0.453 e. The van der Waals surface area contributed by atoms with Crippen LogP contribution in [0.4, 0.5) is 0 Å². The molecule has 0 bridgehead atoms. The number of rotatable bonds is 3. The molecule has 0 aliphatic carbocycles. The van der Waals surface area contributed by atoms with E-state index in [1.165, 1.54) is 0 Å². The number of fused-ring (bicyclic) bond motifs is 3. The van der Waals surface area contributed by atoms with Gasteiger partial charge >= 0.3 is 0 Å². The summed E-state index contributed by atoms with van der Waals surface area (Å²) in [5.74, 6) is 0.530. The maximum Gasteiger partial charge on any atom is 0.234 e. The van der Waals surface area contributed by atoms with Crippen LogP contribution in [0.1, 0.15) is 21.9 Å². The first-order valence-corrected chi connectivity index (χ1v) is 8.70. The van der Waals surface area contributed by atoms with Gasteiger partial charge in [-0.15, -0.1) is 0 Å². The molecule has 0 atom stereocenters. The largest absolute Gasteiger partial charge is 0.453 e. The molecule has 0 amide bonds. The number of hydrogen-bond donors (Lipinski definition) is 0. The number of carbonyl (C=O) groups is 1. The molecule has 0 N–H and O–H groups in total. The third-order valence-corrected chi connectivity index (χ3v) is 4.79. The number of nitrogens with zero attached hydrogens (tertiary/aromatic N) is 1. The molecule has 0 unspecified atom stereocenters. The molecule has 0 spiro atoms. The molecule has 27 heavy (non-hydrogen) atoms. The number of aryl methyl sites for hydroxylation is 1.